The van der Waals surface area contributed by atoms with Crippen LogP contribution in [0.1, 0.15) is 16.7 Å². The topological polar surface area (TPSA) is 37.3 Å². The van der Waals surface area contributed by atoms with Crippen molar-refractivity contribution in [2.24, 2.45) is 0 Å². The molecule has 0 aliphatic heterocycles. The fourth-order valence-corrected chi connectivity index (χ4v) is 3.04. The maximum atomic E-state index is 12.4. The lowest BCUT2D eigenvalue weighted by Gasteiger charge is -2.31. The van der Waals surface area contributed by atoms with E-state index in [1.807, 2.05) is 91.0 Å². The minimum absolute atomic E-state index is 0. The first-order valence-electron chi connectivity index (χ1n) is 7.62. The quantitative estimate of drug-likeness (QED) is 0.730. The van der Waals surface area contributed by atoms with Crippen molar-refractivity contribution >= 4 is 18.4 Å². The molecule has 0 unspecified atom stereocenters. The van der Waals surface area contributed by atoms with Gasteiger partial charge in [0.25, 0.3) is 0 Å². The molecule has 0 aliphatic rings. The lowest BCUT2D eigenvalue weighted by Crippen LogP contribution is -2.39. The van der Waals surface area contributed by atoms with Crippen LogP contribution in [-0.2, 0) is 16.6 Å². The predicted molar refractivity (Wildman–Crippen MR) is 98.7 cm³/mol. The Hall–Kier alpha value is -2.58. The van der Waals surface area contributed by atoms with E-state index in [1.54, 1.807) is 0 Å². The fraction of sp³-hybridized carbons (Fsp3) is 0.0952. The van der Waals surface area contributed by atoms with E-state index >= 15 is 0 Å². The summed E-state index contributed by atoms with van der Waals surface area (Å²) in [6, 6.07) is 28.7. The van der Waals surface area contributed by atoms with Crippen molar-refractivity contribution in [3.05, 3.63) is 108 Å². The van der Waals surface area contributed by atoms with Crippen molar-refractivity contribution in [2.75, 3.05) is 0 Å². The Morgan fingerprint density at radius 1 is 0.708 bits per heavy atom. The van der Waals surface area contributed by atoms with Crippen LogP contribution in [0.3, 0.4) is 0 Å². The molecule has 0 saturated heterocycles. The highest BCUT2D eigenvalue weighted by molar-refractivity contribution is 5.86. The third-order valence-electron chi connectivity index (χ3n) is 4.21. The summed E-state index contributed by atoms with van der Waals surface area (Å²) in [6.07, 6.45) is 0.414. The summed E-state index contributed by atoms with van der Waals surface area (Å²) >= 11 is 0. The van der Waals surface area contributed by atoms with Gasteiger partial charge in [0, 0.05) is 0 Å². The molecule has 122 valence electrons. The summed E-state index contributed by atoms with van der Waals surface area (Å²) in [5.74, 6) is -0.834. The highest BCUT2D eigenvalue weighted by Crippen LogP contribution is 2.36. The number of carbonyl (C=O) groups is 1. The van der Waals surface area contributed by atoms with Crippen LogP contribution in [-0.4, -0.2) is 11.1 Å². The lowest BCUT2D eigenvalue weighted by atomic mass is 9.70. The van der Waals surface area contributed by atoms with Crippen LogP contribution in [0.25, 0.3) is 0 Å². The molecular formula is C21H19ClO2. The highest BCUT2D eigenvalue weighted by Gasteiger charge is 2.42. The van der Waals surface area contributed by atoms with E-state index in [9.17, 15) is 9.90 Å². The Morgan fingerprint density at radius 2 is 1.08 bits per heavy atom. The van der Waals surface area contributed by atoms with Gasteiger partial charge in [-0.25, -0.2) is 0 Å². The minimum Gasteiger partial charge on any atom is -0.480 e. The van der Waals surface area contributed by atoms with E-state index in [0.29, 0.717) is 6.42 Å². The van der Waals surface area contributed by atoms with Gasteiger partial charge in [-0.3, -0.25) is 4.79 Å². The van der Waals surface area contributed by atoms with E-state index in [2.05, 4.69) is 0 Å². The Labute approximate surface area is 148 Å². The molecule has 3 heteroatoms. The first kappa shape index (κ1) is 17.8. The maximum absolute atomic E-state index is 12.4. The van der Waals surface area contributed by atoms with Crippen molar-refractivity contribution in [3.8, 4) is 0 Å². The molecule has 0 heterocycles. The fourth-order valence-electron chi connectivity index (χ4n) is 3.04. The highest BCUT2D eigenvalue weighted by atomic mass is 35.5. The summed E-state index contributed by atoms with van der Waals surface area (Å²) < 4.78 is 0. The van der Waals surface area contributed by atoms with Gasteiger partial charge in [0.1, 0.15) is 5.41 Å². The van der Waals surface area contributed by atoms with Gasteiger partial charge in [-0.1, -0.05) is 91.0 Å². The molecule has 1 N–H and O–H groups in total. The lowest BCUT2D eigenvalue weighted by molar-refractivity contribution is -0.142. The van der Waals surface area contributed by atoms with Crippen LogP contribution in [0.5, 0.6) is 0 Å². The van der Waals surface area contributed by atoms with Crippen LogP contribution in [0.15, 0.2) is 91.0 Å². The number of halogens is 1. The molecule has 3 aromatic carbocycles. The average Bonchev–Trinajstić information content (AvgIpc) is 2.62. The molecule has 0 aliphatic carbocycles. The van der Waals surface area contributed by atoms with E-state index in [0.717, 1.165) is 16.7 Å². The molecule has 0 spiro atoms. The molecule has 2 nitrogen and oxygen atoms in total. The van der Waals surface area contributed by atoms with Gasteiger partial charge in [0.15, 0.2) is 0 Å². The van der Waals surface area contributed by atoms with Crippen molar-refractivity contribution in [2.45, 2.75) is 11.8 Å². The van der Waals surface area contributed by atoms with E-state index in [4.69, 9.17) is 0 Å². The van der Waals surface area contributed by atoms with Crippen LogP contribution in [0.2, 0.25) is 0 Å². The summed E-state index contributed by atoms with van der Waals surface area (Å²) in [5.41, 5.74) is 1.50. The first-order chi connectivity index (χ1) is 11.2. The summed E-state index contributed by atoms with van der Waals surface area (Å²) in [6.45, 7) is 0. The van der Waals surface area contributed by atoms with Crippen LogP contribution in [0.4, 0.5) is 0 Å². The summed E-state index contributed by atoms with van der Waals surface area (Å²) in [4.78, 5) is 12.4. The first-order valence-corrected chi connectivity index (χ1v) is 7.62. The van der Waals surface area contributed by atoms with E-state index < -0.39 is 11.4 Å². The Balaban J connectivity index is 0.00000208. The van der Waals surface area contributed by atoms with Crippen molar-refractivity contribution in [1.82, 2.24) is 0 Å². The van der Waals surface area contributed by atoms with Crippen LogP contribution >= 0.6 is 12.4 Å². The monoisotopic (exact) mass is 338 g/mol. The number of hydrogen-bond acceptors (Lipinski definition) is 1. The van der Waals surface area contributed by atoms with Crippen LogP contribution in [0, 0.1) is 0 Å². The maximum Gasteiger partial charge on any atom is 0.318 e. The molecule has 0 saturated carbocycles. The third kappa shape index (κ3) is 3.34. The van der Waals surface area contributed by atoms with E-state index in [1.165, 1.54) is 0 Å². The third-order valence-corrected chi connectivity index (χ3v) is 4.21. The van der Waals surface area contributed by atoms with Gasteiger partial charge in [0.2, 0.25) is 0 Å². The van der Waals surface area contributed by atoms with Crippen molar-refractivity contribution in [1.29, 1.82) is 0 Å². The van der Waals surface area contributed by atoms with Gasteiger partial charge in [-0.05, 0) is 23.1 Å². The molecule has 24 heavy (non-hydrogen) atoms. The normalized spacial score (nSPS) is 10.7. The molecule has 0 fully saturated rings. The number of hydrogen-bond donors (Lipinski definition) is 1. The second-order valence-corrected chi connectivity index (χ2v) is 5.60. The van der Waals surface area contributed by atoms with Gasteiger partial charge in [-0.2, -0.15) is 0 Å². The Kier molecular flexibility index (Phi) is 5.78. The average molecular weight is 339 g/mol. The standard InChI is InChI=1S/C21H18O2.ClH/c22-20(23)21(18-12-6-2-7-13-18,19-14-8-3-9-15-19)16-17-10-4-1-5-11-17;/h1-15H,16H2,(H,22,23);1H. The molecule has 0 radical (unpaired) electrons. The zero-order valence-corrected chi connectivity index (χ0v) is 13.9. The largest absolute Gasteiger partial charge is 0.480 e. The second-order valence-electron chi connectivity index (χ2n) is 5.60. The van der Waals surface area contributed by atoms with Gasteiger partial charge < -0.3 is 5.11 Å². The van der Waals surface area contributed by atoms with Crippen molar-refractivity contribution < 1.29 is 9.90 Å². The summed E-state index contributed by atoms with van der Waals surface area (Å²) in [7, 11) is 0. The Morgan fingerprint density at radius 3 is 1.46 bits per heavy atom. The molecule has 0 amide bonds. The van der Waals surface area contributed by atoms with Gasteiger partial charge in [-0.15, -0.1) is 12.4 Å². The Bertz CT molecular complexity index is 731. The van der Waals surface area contributed by atoms with Crippen LogP contribution < -0.4 is 0 Å². The molecule has 0 atom stereocenters. The van der Waals surface area contributed by atoms with Gasteiger partial charge in [0.05, 0.1) is 0 Å². The zero-order valence-electron chi connectivity index (χ0n) is 13.1. The number of carboxylic acids is 1. The zero-order chi connectivity index (χ0) is 16.1. The number of benzene rings is 3. The SMILES string of the molecule is Cl.O=C(O)C(Cc1ccccc1)(c1ccccc1)c1ccccc1. The molecule has 3 rings (SSSR count). The van der Waals surface area contributed by atoms with Gasteiger partial charge >= 0.3 is 5.97 Å². The number of carboxylic acid groups (broad SMARTS) is 1. The predicted octanol–water partition coefficient (Wildman–Crippen LogP) is 4.72. The van der Waals surface area contributed by atoms with Crippen molar-refractivity contribution in [3.63, 3.8) is 0 Å². The summed E-state index contributed by atoms with van der Waals surface area (Å²) in [5, 5.41) is 10.2. The molecule has 0 bridgehead atoms. The molecule has 3 aromatic rings. The number of aliphatic carboxylic acids is 1. The van der Waals surface area contributed by atoms with E-state index in [-0.39, 0.29) is 12.4 Å². The number of rotatable bonds is 5. The molecular weight excluding hydrogens is 320 g/mol. The molecule has 0 aromatic heterocycles. The smallest absolute Gasteiger partial charge is 0.318 e. The second kappa shape index (κ2) is 7.80. The minimum atomic E-state index is -1.09.